The van der Waals surface area contributed by atoms with Crippen LogP contribution in [0.3, 0.4) is 0 Å². The van der Waals surface area contributed by atoms with Crippen LogP contribution in [0.5, 0.6) is 0 Å². The van der Waals surface area contributed by atoms with Crippen molar-refractivity contribution in [1.29, 1.82) is 0 Å². The lowest BCUT2D eigenvalue weighted by atomic mass is 9.76. The van der Waals surface area contributed by atoms with E-state index in [1.54, 1.807) is 0 Å². The molecule has 21 heavy (non-hydrogen) atoms. The molecule has 2 aliphatic heterocycles. The van der Waals surface area contributed by atoms with E-state index in [1.165, 1.54) is 7.11 Å². The maximum absolute atomic E-state index is 12.7. The van der Waals surface area contributed by atoms with Crippen LogP contribution in [-0.2, 0) is 16.2 Å². The summed E-state index contributed by atoms with van der Waals surface area (Å²) in [4.78, 5) is 14.6. The van der Waals surface area contributed by atoms with Gasteiger partial charge in [0, 0.05) is 18.0 Å². The first-order valence-electron chi connectivity index (χ1n) is 7.60. The van der Waals surface area contributed by atoms with Crippen molar-refractivity contribution in [3.63, 3.8) is 0 Å². The second-order valence-corrected chi connectivity index (χ2v) is 6.23. The zero-order valence-corrected chi connectivity index (χ0v) is 12.6. The number of alkyl halides is 1. The molecule has 0 spiro atoms. The number of rotatable bonds is 3. The lowest BCUT2D eigenvalue weighted by Crippen LogP contribution is -2.49. The molecule has 4 atom stereocenters. The molecule has 3 nitrogen and oxygen atoms in total. The first-order chi connectivity index (χ1) is 10.2. The molecular weight excluding hydrogens is 268 g/mol. The van der Waals surface area contributed by atoms with Crippen LogP contribution < -0.4 is 0 Å². The number of esters is 1. The summed E-state index contributed by atoms with van der Waals surface area (Å²) in [7, 11) is 3.58. The number of carbonyl (C=O) groups excluding carboxylic acids is 1. The molecule has 0 amide bonds. The lowest BCUT2D eigenvalue weighted by Gasteiger charge is -2.41. The van der Waals surface area contributed by atoms with E-state index in [0.29, 0.717) is 11.6 Å². The molecule has 0 aromatic heterocycles. The highest BCUT2D eigenvalue weighted by atomic mass is 18.2. The van der Waals surface area contributed by atoms with E-state index in [2.05, 4.69) is 11.9 Å². The van der Waals surface area contributed by atoms with Crippen molar-refractivity contribution in [3.05, 3.63) is 35.4 Å². The molecule has 0 aliphatic carbocycles. The van der Waals surface area contributed by atoms with E-state index in [4.69, 9.17) is 4.74 Å². The minimum absolute atomic E-state index is 0.116. The maximum Gasteiger partial charge on any atom is 0.310 e. The molecule has 0 radical (unpaired) electrons. The average Bonchev–Trinajstić information content (AvgIpc) is 2.76. The Balaban J connectivity index is 1.92. The van der Waals surface area contributed by atoms with Crippen molar-refractivity contribution in [3.8, 4) is 0 Å². The van der Waals surface area contributed by atoms with Gasteiger partial charge in [-0.05, 0) is 37.4 Å². The van der Waals surface area contributed by atoms with Crippen LogP contribution in [0.2, 0.25) is 0 Å². The SMILES string of the molecule is COC(=O)C1C(c2ccc(C[18F])cc2)CC2CCC1N2C. The molecule has 4 unspecified atom stereocenters. The van der Waals surface area contributed by atoms with Crippen LogP contribution in [0.25, 0.3) is 0 Å². The van der Waals surface area contributed by atoms with E-state index in [-0.39, 0.29) is 23.8 Å². The quantitative estimate of drug-likeness (QED) is 0.802. The number of piperidine rings is 1. The molecule has 2 fully saturated rings. The van der Waals surface area contributed by atoms with Gasteiger partial charge in [-0.15, -0.1) is 0 Å². The molecule has 0 saturated carbocycles. The van der Waals surface area contributed by atoms with E-state index in [0.717, 1.165) is 24.8 Å². The average molecular weight is 290 g/mol. The molecule has 1 aromatic carbocycles. The monoisotopic (exact) mass is 290 g/mol. The van der Waals surface area contributed by atoms with Gasteiger partial charge in [-0.2, -0.15) is 0 Å². The van der Waals surface area contributed by atoms with Crippen molar-refractivity contribution >= 4 is 5.97 Å². The number of methoxy groups -OCH3 is 1. The van der Waals surface area contributed by atoms with Crippen LogP contribution in [0, 0.1) is 5.92 Å². The van der Waals surface area contributed by atoms with Gasteiger partial charge < -0.3 is 4.74 Å². The van der Waals surface area contributed by atoms with Gasteiger partial charge >= 0.3 is 5.97 Å². The third-order valence-corrected chi connectivity index (χ3v) is 5.30. The summed E-state index contributed by atoms with van der Waals surface area (Å²) in [6.07, 6.45) is 3.18. The first kappa shape index (κ1) is 14.5. The van der Waals surface area contributed by atoms with Gasteiger partial charge in [-0.25, -0.2) is 4.39 Å². The van der Waals surface area contributed by atoms with Gasteiger partial charge in [-0.1, -0.05) is 24.3 Å². The fourth-order valence-corrected chi connectivity index (χ4v) is 4.12. The fraction of sp³-hybridized carbons (Fsp3) is 0.588. The zero-order chi connectivity index (χ0) is 15.0. The van der Waals surface area contributed by atoms with E-state index in [9.17, 15) is 9.18 Å². The predicted octanol–water partition coefficient (Wildman–Crippen LogP) is 2.90. The Kier molecular flexibility index (Phi) is 3.98. The highest BCUT2D eigenvalue weighted by Gasteiger charge is 2.49. The van der Waals surface area contributed by atoms with Crippen LogP contribution in [0.4, 0.5) is 4.39 Å². The highest BCUT2D eigenvalue weighted by Crippen LogP contribution is 2.46. The number of carbonyl (C=O) groups is 1. The number of fused-ring (bicyclic) bond motifs is 2. The Morgan fingerprint density at radius 1 is 1.33 bits per heavy atom. The van der Waals surface area contributed by atoms with Crippen molar-refractivity contribution in [2.24, 2.45) is 5.92 Å². The van der Waals surface area contributed by atoms with Gasteiger partial charge in [0.1, 0.15) is 6.67 Å². The minimum Gasteiger partial charge on any atom is -0.469 e. The van der Waals surface area contributed by atoms with Gasteiger partial charge in [0.2, 0.25) is 0 Å². The molecule has 2 bridgehead atoms. The summed E-state index contributed by atoms with van der Waals surface area (Å²) in [6.45, 7) is -0.445. The van der Waals surface area contributed by atoms with Crippen molar-refractivity contribution in [1.82, 2.24) is 4.90 Å². The Bertz CT molecular complexity index is 516. The van der Waals surface area contributed by atoms with Crippen LogP contribution >= 0.6 is 0 Å². The molecule has 2 heterocycles. The molecule has 2 aliphatic rings. The molecule has 114 valence electrons. The highest BCUT2D eigenvalue weighted by molar-refractivity contribution is 5.75. The summed E-state index contributed by atoms with van der Waals surface area (Å²) in [5.41, 5.74) is 1.82. The van der Waals surface area contributed by atoms with E-state index < -0.39 is 6.67 Å². The lowest BCUT2D eigenvalue weighted by molar-refractivity contribution is -0.150. The number of nitrogens with zero attached hydrogens (tertiary/aromatic N) is 1. The van der Waals surface area contributed by atoms with Gasteiger partial charge in [0.15, 0.2) is 0 Å². The summed E-state index contributed by atoms with van der Waals surface area (Å²) in [5.74, 6) is -0.0541. The van der Waals surface area contributed by atoms with Crippen LogP contribution in [0.1, 0.15) is 36.3 Å². The maximum atomic E-state index is 12.7. The Labute approximate surface area is 125 Å². The molecule has 2 saturated heterocycles. The standard InChI is InChI=1S/C17H22FNO2/c1-19-13-7-8-15(19)16(17(20)21-2)14(9-13)12-5-3-11(10-18)4-6-12/h3-6,13-16H,7-10H2,1-2H3/i18-1. The third kappa shape index (κ3) is 2.46. The van der Waals surface area contributed by atoms with E-state index >= 15 is 0 Å². The van der Waals surface area contributed by atoms with E-state index in [1.807, 2.05) is 24.3 Å². The van der Waals surface area contributed by atoms with Crippen LogP contribution in [-0.4, -0.2) is 37.1 Å². The second-order valence-electron chi connectivity index (χ2n) is 6.23. The summed E-state index contributed by atoms with van der Waals surface area (Å²) in [6, 6.07) is 8.40. The normalized spacial score (nSPS) is 32.1. The smallest absolute Gasteiger partial charge is 0.310 e. The summed E-state index contributed by atoms with van der Waals surface area (Å²) < 4.78 is 17.7. The van der Waals surface area contributed by atoms with Crippen molar-refractivity contribution in [2.75, 3.05) is 14.2 Å². The number of benzene rings is 1. The number of ether oxygens (including phenoxy) is 1. The fourth-order valence-electron chi connectivity index (χ4n) is 4.12. The molecule has 3 rings (SSSR count). The van der Waals surface area contributed by atoms with Crippen molar-refractivity contribution < 1.29 is 13.9 Å². The largest absolute Gasteiger partial charge is 0.469 e. The van der Waals surface area contributed by atoms with Crippen molar-refractivity contribution in [2.45, 2.75) is 43.9 Å². The molecular formula is C17H22FNO2. The number of halogens is 1. The number of hydrogen-bond donors (Lipinski definition) is 0. The first-order valence-corrected chi connectivity index (χ1v) is 7.60. The number of hydrogen-bond acceptors (Lipinski definition) is 3. The Hall–Kier alpha value is -1.42. The molecule has 4 heteroatoms. The minimum atomic E-state index is -0.445. The molecule has 1 aromatic rings. The van der Waals surface area contributed by atoms with Gasteiger partial charge in [-0.3, -0.25) is 9.69 Å². The van der Waals surface area contributed by atoms with Crippen LogP contribution in [0.15, 0.2) is 24.3 Å². The summed E-state index contributed by atoms with van der Waals surface area (Å²) >= 11 is 0. The third-order valence-electron chi connectivity index (χ3n) is 5.30. The topological polar surface area (TPSA) is 29.5 Å². The van der Waals surface area contributed by atoms with Gasteiger partial charge in [0.05, 0.1) is 13.0 Å². The molecule has 0 N–H and O–H groups in total. The zero-order valence-electron chi connectivity index (χ0n) is 12.6. The predicted molar refractivity (Wildman–Crippen MR) is 78.7 cm³/mol. The second kappa shape index (κ2) is 5.76. The Morgan fingerprint density at radius 3 is 2.67 bits per heavy atom. The Morgan fingerprint density at radius 2 is 2.05 bits per heavy atom. The summed E-state index contributed by atoms with van der Waals surface area (Å²) in [5, 5.41) is 0. The van der Waals surface area contributed by atoms with Gasteiger partial charge in [0.25, 0.3) is 0 Å².